The molecule has 9 heteroatoms. The van der Waals surface area contributed by atoms with Crippen molar-refractivity contribution in [3.8, 4) is 24.0 Å². The lowest BCUT2D eigenvalue weighted by atomic mass is 9.51. The Kier molecular flexibility index (Phi) is 4.10. The maximum Gasteiger partial charge on any atom is 0.218 e. The van der Waals surface area contributed by atoms with Gasteiger partial charge in [0.1, 0.15) is 11.9 Å². The molecule has 1 spiro atoms. The Labute approximate surface area is 179 Å². The van der Waals surface area contributed by atoms with Crippen LogP contribution >= 0.6 is 0 Å². The van der Waals surface area contributed by atoms with Gasteiger partial charge in [0.05, 0.1) is 44.4 Å². The van der Waals surface area contributed by atoms with Gasteiger partial charge in [-0.2, -0.15) is 15.8 Å². The molecule has 1 aromatic carbocycles. The lowest BCUT2D eigenvalue weighted by molar-refractivity contribution is -0.330. The molecule has 1 N–H and O–H groups in total. The third-order valence-electron chi connectivity index (χ3n) is 7.15. The highest BCUT2D eigenvalue weighted by Gasteiger charge is 2.82. The molecule has 3 saturated heterocycles. The van der Waals surface area contributed by atoms with Crippen molar-refractivity contribution in [2.45, 2.75) is 36.9 Å². The highest BCUT2D eigenvalue weighted by Crippen LogP contribution is 2.70. The van der Waals surface area contributed by atoms with Gasteiger partial charge in [0, 0.05) is 19.3 Å². The number of benzene rings is 1. The number of nitrogens with zero attached hydrogens (tertiary/aromatic N) is 3. The average molecular weight is 420 g/mol. The maximum atomic E-state index is 10.4. The van der Waals surface area contributed by atoms with Crippen LogP contribution in [0.2, 0.25) is 0 Å². The minimum absolute atomic E-state index is 0.198. The molecule has 0 aromatic heterocycles. The Morgan fingerprint density at radius 2 is 1.71 bits per heavy atom. The van der Waals surface area contributed by atoms with Gasteiger partial charge in [0.2, 0.25) is 17.1 Å². The molecule has 0 amide bonds. The monoisotopic (exact) mass is 420 g/mol. The van der Waals surface area contributed by atoms with Crippen LogP contribution < -0.4 is 4.74 Å². The van der Waals surface area contributed by atoms with E-state index in [0.29, 0.717) is 37.4 Å². The first-order chi connectivity index (χ1) is 14.9. The molecule has 9 nitrogen and oxygen atoms in total. The Balaban J connectivity index is 1.69. The van der Waals surface area contributed by atoms with Gasteiger partial charge in [0.15, 0.2) is 11.2 Å². The third kappa shape index (κ3) is 2.25. The van der Waals surface area contributed by atoms with Crippen molar-refractivity contribution in [2.24, 2.45) is 16.7 Å². The minimum Gasteiger partial charge on any atom is -0.497 e. The highest BCUT2D eigenvalue weighted by molar-refractivity contribution is 5.89. The van der Waals surface area contributed by atoms with Gasteiger partial charge in [-0.3, -0.25) is 5.41 Å². The summed E-state index contributed by atoms with van der Waals surface area (Å²) in [5.74, 6) is -2.80. The lowest BCUT2D eigenvalue weighted by Gasteiger charge is -2.54. The fourth-order valence-corrected chi connectivity index (χ4v) is 5.63. The Hall–Kier alpha value is -3.16. The van der Waals surface area contributed by atoms with Crippen LogP contribution in [-0.2, 0) is 18.9 Å². The number of methoxy groups -OCH3 is 1. The molecule has 4 fully saturated rings. The Bertz CT molecular complexity index is 1050. The summed E-state index contributed by atoms with van der Waals surface area (Å²) < 4.78 is 29.3. The van der Waals surface area contributed by atoms with Crippen LogP contribution in [0.15, 0.2) is 24.3 Å². The molecule has 5 rings (SSSR count). The SMILES string of the molecule is COc1ccc(C2OC34CCC5(CC3C(C#N)(C(=N)O4)C2(C#N)C#N)OCCO5)cc1. The second-order valence-corrected chi connectivity index (χ2v) is 8.33. The number of rotatable bonds is 2. The van der Waals surface area contributed by atoms with E-state index in [1.807, 2.05) is 0 Å². The largest absolute Gasteiger partial charge is 0.497 e. The zero-order valence-electron chi connectivity index (χ0n) is 16.9. The van der Waals surface area contributed by atoms with Gasteiger partial charge in [-0.15, -0.1) is 0 Å². The van der Waals surface area contributed by atoms with Crippen molar-refractivity contribution < 1.29 is 23.7 Å². The van der Waals surface area contributed by atoms with Crippen LogP contribution in [0.4, 0.5) is 0 Å². The van der Waals surface area contributed by atoms with Gasteiger partial charge in [-0.1, -0.05) is 12.1 Å². The summed E-state index contributed by atoms with van der Waals surface area (Å²) in [5.41, 5.74) is -3.30. The van der Waals surface area contributed by atoms with E-state index in [1.54, 1.807) is 24.3 Å². The summed E-state index contributed by atoms with van der Waals surface area (Å²) in [6.07, 6.45) is -0.127. The van der Waals surface area contributed by atoms with E-state index in [0.717, 1.165) is 0 Å². The van der Waals surface area contributed by atoms with E-state index in [1.165, 1.54) is 7.11 Å². The first-order valence-electron chi connectivity index (χ1n) is 10.1. The summed E-state index contributed by atoms with van der Waals surface area (Å²) in [7, 11) is 1.54. The topological polar surface area (TPSA) is 141 Å². The van der Waals surface area contributed by atoms with Crippen molar-refractivity contribution in [1.29, 1.82) is 21.2 Å². The normalized spacial score (nSPS) is 36.5. The molecule has 4 unspecified atom stereocenters. The fourth-order valence-electron chi connectivity index (χ4n) is 5.63. The number of hydrogen-bond donors (Lipinski definition) is 1. The van der Waals surface area contributed by atoms with E-state index in [9.17, 15) is 15.8 Å². The summed E-state index contributed by atoms with van der Waals surface area (Å²) in [5, 5.41) is 39.7. The van der Waals surface area contributed by atoms with Crippen LogP contribution in [-0.4, -0.2) is 37.8 Å². The van der Waals surface area contributed by atoms with Gasteiger partial charge < -0.3 is 23.7 Å². The number of ether oxygens (including phenoxy) is 5. The quantitative estimate of drug-likeness (QED) is 0.769. The number of nitrogens with one attached hydrogen (secondary N) is 1. The van der Waals surface area contributed by atoms with E-state index in [4.69, 9.17) is 29.1 Å². The summed E-state index contributed by atoms with van der Waals surface area (Å²) in [4.78, 5) is 0. The zero-order valence-corrected chi connectivity index (χ0v) is 16.9. The molecule has 4 atom stereocenters. The molecule has 3 aliphatic heterocycles. The Morgan fingerprint density at radius 1 is 1.03 bits per heavy atom. The van der Waals surface area contributed by atoms with Crippen LogP contribution in [0.25, 0.3) is 0 Å². The summed E-state index contributed by atoms with van der Waals surface area (Å²) >= 11 is 0. The molecule has 0 radical (unpaired) electrons. The number of nitriles is 3. The lowest BCUT2D eigenvalue weighted by Crippen LogP contribution is -2.63. The molecule has 158 valence electrons. The van der Waals surface area contributed by atoms with Crippen LogP contribution in [0.1, 0.15) is 30.9 Å². The molecule has 1 aliphatic carbocycles. The van der Waals surface area contributed by atoms with Crippen molar-refractivity contribution in [2.75, 3.05) is 20.3 Å². The van der Waals surface area contributed by atoms with Crippen LogP contribution in [0, 0.1) is 56.2 Å². The van der Waals surface area contributed by atoms with Crippen molar-refractivity contribution in [1.82, 2.24) is 0 Å². The fraction of sp³-hybridized carbons (Fsp3) is 0.545. The Morgan fingerprint density at radius 3 is 2.29 bits per heavy atom. The standard InChI is InChI=1S/C22H20N4O5/c1-27-15-4-2-14(3-5-15)17-19(11-23,12-24)21(13-25)16-10-20(28-8-9-29-20)6-7-22(16,30-17)31-18(21)26/h2-5,16-17,26H,6-10H2,1H3. The predicted molar refractivity (Wildman–Crippen MR) is 102 cm³/mol. The van der Waals surface area contributed by atoms with Crippen LogP contribution in [0.5, 0.6) is 5.75 Å². The summed E-state index contributed by atoms with van der Waals surface area (Å²) in [6.45, 7) is 0.850. The molecule has 1 saturated carbocycles. The molecule has 31 heavy (non-hydrogen) atoms. The highest BCUT2D eigenvalue weighted by atomic mass is 16.7. The zero-order chi connectivity index (χ0) is 21.9. The molecule has 1 aromatic rings. The number of hydrogen-bond acceptors (Lipinski definition) is 9. The minimum atomic E-state index is -2.00. The second kappa shape index (κ2) is 6.42. The first kappa shape index (κ1) is 19.8. The van der Waals surface area contributed by atoms with Crippen molar-refractivity contribution in [3.05, 3.63) is 29.8 Å². The van der Waals surface area contributed by atoms with Gasteiger partial charge in [0.25, 0.3) is 0 Å². The summed E-state index contributed by atoms with van der Waals surface area (Å²) in [6, 6.07) is 13.1. The van der Waals surface area contributed by atoms with E-state index >= 15 is 0 Å². The average Bonchev–Trinajstić information content (AvgIpc) is 3.33. The molecule has 4 aliphatic rings. The molecule has 3 heterocycles. The smallest absolute Gasteiger partial charge is 0.218 e. The molecular formula is C22H20N4O5. The maximum absolute atomic E-state index is 10.4. The van der Waals surface area contributed by atoms with Gasteiger partial charge in [-0.05, 0) is 17.7 Å². The predicted octanol–water partition coefficient (Wildman–Crippen LogP) is 2.56. The van der Waals surface area contributed by atoms with Crippen molar-refractivity contribution in [3.63, 3.8) is 0 Å². The molecule has 2 bridgehead atoms. The van der Waals surface area contributed by atoms with Crippen LogP contribution in [0.3, 0.4) is 0 Å². The second-order valence-electron chi connectivity index (χ2n) is 8.33. The van der Waals surface area contributed by atoms with E-state index in [-0.39, 0.29) is 6.42 Å². The van der Waals surface area contributed by atoms with Crippen molar-refractivity contribution >= 4 is 5.90 Å². The molecular weight excluding hydrogens is 400 g/mol. The van der Waals surface area contributed by atoms with Gasteiger partial charge >= 0.3 is 0 Å². The first-order valence-corrected chi connectivity index (χ1v) is 10.1. The van der Waals surface area contributed by atoms with E-state index < -0.39 is 40.3 Å². The third-order valence-corrected chi connectivity index (χ3v) is 7.15. The van der Waals surface area contributed by atoms with Gasteiger partial charge in [-0.25, -0.2) is 0 Å². The van der Waals surface area contributed by atoms with E-state index in [2.05, 4.69) is 18.2 Å².